The normalized spacial score (nSPS) is 10.2. The molecule has 0 aliphatic heterocycles. The number of amides is 1. The van der Waals surface area contributed by atoms with Gasteiger partial charge in [-0.2, -0.15) is 0 Å². The van der Waals surface area contributed by atoms with Gasteiger partial charge in [0.25, 0.3) is 11.6 Å². The molecule has 0 saturated heterocycles. The van der Waals surface area contributed by atoms with Crippen molar-refractivity contribution in [1.29, 1.82) is 0 Å². The lowest BCUT2D eigenvalue weighted by atomic mass is 10.2. The molecule has 1 N–H and O–H groups in total. The zero-order valence-electron chi connectivity index (χ0n) is 10.2. The number of aromatic nitrogens is 1. The maximum Gasteiger partial charge on any atom is 0.284 e. The van der Waals surface area contributed by atoms with Gasteiger partial charge in [0, 0.05) is 30.6 Å². The van der Waals surface area contributed by atoms with Crippen LogP contribution in [0.4, 0.5) is 5.69 Å². The van der Waals surface area contributed by atoms with Crippen molar-refractivity contribution in [2.45, 2.75) is 6.42 Å². The first-order valence-corrected chi connectivity index (χ1v) is 7.36. The van der Waals surface area contributed by atoms with Crippen molar-refractivity contribution in [3.63, 3.8) is 0 Å². The molecule has 1 aromatic carbocycles. The standard InChI is InChI=1S/C12H10BrN3O3S/c13-11-8(2-1-3-9(11)16(18)19)12(17)15-5-4-10-14-6-7-20-10/h1-3,6-7H,4-5H2,(H,15,17). The summed E-state index contributed by atoms with van der Waals surface area (Å²) in [6, 6.07) is 4.37. The topological polar surface area (TPSA) is 85.1 Å². The van der Waals surface area contributed by atoms with Crippen LogP contribution < -0.4 is 5.32 Å². The van der Waals surface area contributed by atoms with E-state index < -0.39 is 4.92 Å². The van der Waals surface area contributed by atoms with Crippen molar-refractivity contribution in [2.24, 2.45) is 0 Å². The third-order valence-electron chi connectivity index (χ3n) is 2.53. The average molecular weight is 356 g/mol. The van der Waals surface area contributed by atoms with Gasteiger partial charge in [-0.15, -0.1) is 11.3 Å². The quantitative estimate of drug-likeness (QED) is 0.659. The van der Waals surface area contributed by atoms with Crippen LogP contribution in [0.5, 0.6) is 0 Å². The number of rotatable bonds is 5. The van der Waals surface area contributed by atoms with Gasteiger partial charge in [-0.3, -0.25) is 14.9 Å². The van der Waals surface area contributed by atoms with Crippen LogP contribution in [0, 0.1) is 10.1 Å². The highest BCUT2D eigenvalue weighted by molar-refractivity contribution is 9.10. The predicted octanol–water partition coefficient (Wildman–Crippen LogP) is 2.79. The van der Waals surface area contributed by atoms with Crippen LogP contribution in [0.25, 0.3) is 0 Å². The number of hydrogen-bond donors (Lipinski definition) is 1. The molecule has 6 nitrogen and oxygen atoms in total. The summed E-state index contributed by atoms with van der Waals surface area (Å²) in [5.41, 5.74) is 0.121. The first kappa shape index (κ1) is 14.6. The molecule has 8 heteroatoms. The van der Waals surface area contributed by atoms with E-state index in [0.29, 0.717) is 13.0 Å². The summed E-state index contributed by atoms with van der Waals surface area (Å²) in [6.45, 7) is 0.432. The number of thiazole rings is 1. The van der Waals surface area contributed by atoms with Crippen LogP contribution in [-0.2, 0) is 6.42 Å². The van der Waals surface area contributed by atoms with E-state index in [-0.39, 0.29) is 21.6 Å². The molecule has 0 fully saturated rings. The van der Waals surface area contributed by atoms with E-state index >= 15 is 0 Å². The Kier molecular flexibility index (Phi) is 4.80. The van der Waals surface area contributed by atoms with Gasteiger partial charge in [0.1, 0.15) is 4.47 Å². The van der Waals surface area contributed by atoms with Crippen molar-refractivity contribution in [2.75, 3.05) is 6.54 Å². The monoisotopic (exact) mass is 355 g/mol. The van der Waals surface area contributed by atoms with Gasteiger partial charge < -0.3 is 5.32 Å². The Bertz CT molecular complexity index is 631. The third kappa shape index (κ3) is 3.40. The van der Waals surface area contributed by atoms with E-state index in [4.69, 9.17) is 0 Å². The smallest absolute Gasteiger partial charge is 0.284 e. The Morgan fingerprint density at radius 3 is 2.95 bits per heavy atom. The Balaban J connectivity index is 2.02. The summed E-state index contributed by atoms with van der Waals surface area (Å²) in [5.74, 6) is -0.350. The minimum absolute atomic E-state index is 0.127. The Labute approximate surface area is 127 Å². The second-order valence-electron chi connectivity index (χ2n) is 3.83. The first-order chi connectivity index (χ1) is 9.59. The lowest BCUT2D eigenvalue weighted by Crippen LogP contribution is -2.26. The molecule has 0 aliphatic carbocycles. The second kappa shape index (κ2) is 6.58. The summed E-state index contributed by atoms with van der Waals surface area (Å²) >= 11 is 4.62. The van der Waals surface area contributed by atoms with Crippen LogP contribution in [0.1, 0.15) is 15.4 Å². The van der Waals surface area contributed by atoms with Crippen molar-refractivity contribution in [3.8, 4) is 0 Å². The summed E-state index contributed by atoms with van der Waals surface area (Å²) < 4.78 is 0.191. The molecule has 2 rings (SSSR count). The maximum absolute atomic E-state index is 12.0. The maximum atomic E-state index is 12.0. The molecule has 104 valence electrons. The summed E-state index contributed by atoms with van der Waals surface area (Å²) in [5, 5.41) is 16.3. The zero-order valence-corrected chi connectivity index (χ0v) is 12.6. The Hall–Kier alpha value is -1.80. The van der Waals surface area contributed by atoms with Crippen molar-refractivity contribution < 1.29 is 9.72 Å². The lowest BCUT2D eigenvalue weighted by molar-refractivity contribution is -0.385. The Morgan fingerprint density at radius 2 is 2.30 bits per heavy atom. The Morgan fingerprint density at radius 1 is 1.50 bits per heavy atom. The van der Waals surface area contributed by atoms with E-state index in [2.05, 4.69) is 26.2 Å². The van der Waals surface area contributed by atoms with E-state index in [1.54, 1.807) is 6.20 Å². The SMILES string of the molecule is O=C(NCCc1nccs1)c1cccc([N+](=O)[O-])c1Br. The molecule has 1 aromatic heterocycles. The molecule has 0 saturated carbocycles. The fraction of sp³-hybridized carbons (Fsp3) is 0.167. The fourth-order valence-corrected chi connectivity index (χ4v) is 2.80. The summed E-state index contributed by atoms with van der Waals surface area (Å²) in [4.78, 5) is 26.4. The van der Waals surface area contributed by atoms with Gasteiger partial charge in [0.2, 0.25) is 0 Å². The minimum atomic E-state index is -0.531. The second-order valence-corrected chi connectivity index (χ2v) is 5.60. The van der Waals surface area contributed by atoms with E-state index in [1.165, 1.54) is 29.5 Å². The van der Waals surface area contributed by atoms with Crippen LogP contribution >= 0.6 is 27.3 Å². The van der Waals surface area contributed by atoms with Gasteiger partial charge in [0.15, 0.2) is 0 Å². The molecule has 0 spiro atoms. The summed E-state index contributed by atoms with van der Waals surface area (Å²) in [7, 11) is 0. The van der Waals surface area contributed by atoms with Gasteiger partial charge in [-0.25, -0.2) is 4.98 Å². The highest BCUT2D eigenvalue weighted by Gasteiger charge is 2.19. The number of carbonyl (C=O) groups is 1. The molecule has 1 amide bonds. The number of nitro benzene ring substituents is 1. The number of benzene rings is 1. The number of nitro groups is 1. The number of nitrogens with one attached hydrogen (secondary N) is 1. The van der Waals surface area contributed by atoms with Gasteiger partial charge >= 0.3 is 0 Å². The highest BCUT2D eigenvalue weighted by Crippen LogP contribution is 2.28. The van der Waals surface area contributed by atoms with Crippen LogP contribution in [-0.4, -0.2) is 22.4 Å². The number of nitrogens with zero attached hydrogens (tertiary/aromatic N) is 2. The van der Waals surface area contributed by atoms with Gasteiger partial charge in [0.05, 0.1) is 15.5 Å². The molecular formula is C12H10BrN3O3S. The molecule has 2 aromatic rings. The predicted molar refractivity (Wildman–Crippen MR) is 78.9 cm³/mol. The molecule has 0 atom stereocenters. The van der Waals surface area contributed by atoms with E-state index in [9.17, 15) is 14.9 Å². The largest absolute Gasteiger partial charge is 0.352 e. The molecule has 0 unspecified atom stereocenters. The average Bonchev–Trinajstić information content (AvgIpc) is 2.91. The van der Waals surface area contributed by atoms with Crippen molar-refractivity contribution in [3.05, 3.63) is 54.9 Å². The molecule has 1 heterocycles. The van der Waals surface area contributed by atoms with Crippen LogP contribution in [0.2, 0.25) is 0 Å². The molecule has 0 bridgehead atoms. The fourth-order valence-electron chi connectivity index (χ4n) is 1.59. The lowest BCUT2D eigenvalue weighted by Gasteiger charge is -2.06. The molecule has 20 heavy (non-hydrogen) atoms. The molecular weight excluding hydrogens is 346 g/mol. The molecule has 0 radical (unpaired) electrons. The number of hydrogen-bond acceptors (Lipinski definition) is 5. The van der Waals surface area contributed by atoms with Gasteiger partial charge in [-0.1, -0.05) is 6.07 Å². The van der Waals surface area contributed by atoms with E-state index in [0.717, 1.165) is 5.01 Å². The van der Waals surface area contributed by atoms with Crippen molar-refractivity contribution in [1.82, 2.24) is 10.3 Å². The van der Waals surface area contributed by atoms with Gasteiger partial charge in [-0.05, 0) is 22.0 Å². The van der Waals surface area contributed by atoms with Crippen molar-refractivity contribution >= 4 is 38.9 Å². The third-order valence-corrected chi connectivity index (χ3v) is 4.20. The highest BCUT2D eigenvalue weighted by atomic mass is 79.9. The minimum Gasteiger partial charge on any atom is -0.352 e. The first-order valence-electron chi connectivity index (χ1n) is 5.69. The number of carbonyl (C=O) groups excluding carboxylic acids is 1. The number of halogens is 1. The van der Waals surface area contributed by atoms with E-state index in [1.807, 2.05) is 5.38 Å². The summed E-state index contributed by atoms with van der Waals surface area (Å²) in [6.07, 6.45) is 2.34. The zero-order chi connectivity index (χ0) is 14.5. The van der Waals surface area contributed by atoms with Crippen LogP contribution in [0.15, 0.2) is 34.2 Å². The molecule has 0 aliphatic rings. The van der Waals surface area contributed by atoms with Crippen LogP contribution in [0.3, 0.4) is 0 Å².